The summed E-state index contributed by atoms with van der Waals surface area (Å²) in [7, 11) is 0. The fourth-order valence-electron chi connectivity index (χ4n) is 1.08. The van der Waals surface area contributed by atoms with Gasteiger partial charge in [-0.15, -0.1) is 0 Å². The molecule has 0 spiro atoms. The Labute approximate surface area is 68.8 Å². The van der Waals surface area contributed by atoms with Crippen molar-refractivity contribution in [3.63, 3.8) is 0 Å². The number of allylic oxidation sites excluding steroid dienone is 2. The van der Waals surface area contributed by atoms with E-state index in [4.69, 9.17) is 10.2 Å². The van der Waals surface area contributed by atoms with Gasteiger partial charge >= 0.3 is 11.9 Å². The van der Waals surface area contributed by atoms with Crippen molar-refractivity contribution in [1.82, 2.24) is 0 Å². The number of hydrogen-bond donors (Lipinski definition) is 2. The first-order chi connectivity index (χ1) is 5.63. The minimum absolute atomic E-state index is 0.938. The molecule has 0 radical (unpaired) electrons. The molecule has 12 heavy (non-hydrogen) atoms. The molecule has 0 saturated carbocycles. The first kappa shape index (κ1) is 8.52. The zero-order valence-corrected chi connectivity index (χ0v) is 6.18. The Hall–Kier alpha value is -1.58. The number of carboxylic acid groups (broad SMARTS) is 2. The second-order valence-electron chi connectivity index (χ2n) is 2.50. The zero-order chi connectivity index (χ0) is 9.14. The Morgan fingerprint density at radius 2 is 1.25 bits per heavy atom. The van der Waals surface area contributed by atoms with Crippen LogP contribution in [0.3, 0.4) is 0 Å². The van der Waals surface area contributed by atoms with Gasteiger partial charge in [-0.25, -0.2) is 0 Å². The minimum Gasteiger partial charge on any atom is -0.481 e. The van der Waals surface area contributed by atoms with E-state index in [0.717, 1.165) is 0 Å². The van der Waals surface area contributed by atoms with Gasteiger partial charge in [0.05, 0.1) is 11.8 Å². The lowest BCUT2D eigenvalue weighted by Crippen LogP contribution is -2.27. The summed E-state index contributed by atoms with van der Waals surface area (Å²) < 4.78 is 0. The highest BCUT2D eigenvalue weighted by molar-refractivity contribution is 5.83. The maximum Gasteiger partial charge on any atom is 0.311 e. The summed E-state index contributed by atoms with van der Waals surface area (Å²) in [6, 6.07) is 0. The second-order valence-corrected chi connectivity index (χ2v) is 2.50. The third kappa shape index (κ3) is 1.53. The molecule has 0 saturated heterocycles. The number of hydrogen-bond acceptors (Lipinski definition) is 2. The molecule has 0 aromatic heterocycles. The average Bonchev–Trinajstić information content (AvgIpc) is 2.04. The molecule has 0 aliphatic heterocycles. The van der Waals surface area contributed by atoms with Crippen molar-refractivity contribution in [2.24, 2.45) is 11.8 Å². The molecule has 0 aromatic rings. The van der Waals surface area contributed by atoms with Gasteiger partial charge in [-0.1, -0.05) is 24.3 Å². The van der Waals surface area contributed by atoms with E-state index in [-0.39, 0.29) is 0 Å². The van der Waals surface area contributed by atoms with Gasteiger partial charge < -0.3 is 10.2 Å². The van der Waals surface area contributed by atoms with E-state index < -0.39 is 23.8 Å². The fourth-order valence-corrected chi connectivity index (χ4v) is 1.08. The highest BCUT2D eigenvalue weighted by Gasteiger charge is 2.30. The molecule has 4 nitrogen and oxygen atoms in total. The highest BCUT2D eigenvalue weighted by atomic mass is 16.4. The molecular weight excluding hydrogens is 160 g/mol. The van der Waals surface area contributed by atoms with Crippen LogP contribution in [0.2, 0.25) is 0 Å². The average molecular weight is 168 g/mol. The first-order valence-electron chi connectivity index (χ1n) is 3.43. The van der Waals surface area contributed by atoms with Gasteiger partial charge in [0.1, 0.15) is 0 Å². The Kier molecular flexibility index (Phi) is 2.28. The quantitative estimate of drug-likeness (QED) is 0.630. The topological polar surface area (TPSA) is 74.6 Å². The van der Waals surface area contributed by atoms with Gasteiger partial charge in [-0.2, -0.15) is 0 Å². The SMILES string of the molecule is O=C(O)C1C=CC=CC1C(=O)O. The number of aliphatic carboxylic acids is 2. The van der Waals surface area contributed by atoms with Crippen LogP contribution < -0.4 is 0 Å². The molecule has 2 unspecified atom stereocenters. The number of carboxylic acids is 2. The number of carbonyl (C=O) groups is 2. The van der Waals surface area contributed by atoms with Crippen LogP contribution in [0.15, 0.2) is 24.3 Å². The molecule has 0 aromatic carbocycles. The maximum absolute atomic E-state index is 10.5. The highest BCUT2D eigenvalue weighted by Crippen LogP contribution is 2.19. The van der Waals surface area contributed by atoms with E-state index in [0.29, 0.717) is 0 Å². The van der Waals surface area contributed by atoms with Gasteiger partial charge in [0.2, 0.25) is 0 Å². The standard InChI is InChI=1S/C8H8O4/c9-7(10)5-3-1-2-4-6(5)8(11)12/h1-6H,(H,9,10)(H,11,12). The molecule has 0 bridgehead atoms. The minimum atomic E-state index is -1.11. The van der Waals surface area contributed by atoms with Gasteiger partial charge in [-0.3, -0.25) is 9.59 Å². The van der Waals surface area contributed by atoms with Crippen LogP contribution >= 0.6 is 0 Å². The van der Waals surface area contributed by atoms with Crippen LogP contribution in [0.25, 0.3) is 0 Å². The third-order valence-electron chi connectivity index (χ3n) is 1.71. The van der Waals surface area contributed by atoms with Gasteiger partial charge in [-0.05, 0) is 0 Å². The Morgan fingerprint density at radius 1 is 0.917 bits per heavy atom. The van der Waals surface area contributed by atoms with Gasteiger partial charge in [0.25, 0.3) is 0 Å². The van der Waals surface area contributed by atoms with Crippen LogP contribution in [-0.4, -0.2) is 22.2 Å². The third-order valence-corrected chi connectivity index (χ3v) is 1.71. The van der Waals surface area contributed by atoms with E-state index in [2.05, 4.69) is 0 Å². The number of rotatable bonds is 2. The summed E-state index contributed by atoms with van der Waals surface area (Å²) in [5, 5.41) is 17.2. The predicted molar refractivity (Wildman–Crippen MR) is 40.5 cm³/mol. The van der Waals surface area contributed by atoms with E-state index in [9.17, 15) is 9.59 Å². The predicted octanol–water partition coefficient (Wildman–Crippen LogP) is 0.514. The van der Waals surface area contributed by atoms with Gasteiger partial charge in [0.15, 0.2) is 0 Å². The summed E-state index contributed by atoms with van der Waals surface area (Å²) >= 11 is 0. The lowest BCUT2D eigenvalue weighted by atomic mass is 9.89. The van der Waals surface area contributed by atoms with E-state index in [1.807, 2.05) is 0 Å². The molecule has 64 valence electrons. The van der Waals surface area contributed by atoms with Crippen LogP contribution in [0.4, 0.5) is 0 Å². The van der Waals surface area contributed by atoms with E-state index >= 15 is 0 Å². The lowest BCUT2D eigenvalue weighted by molar-refractivity contribution is -0.149. The van der Waals surface area contributed by atoms with Crippen LogP contribution in [0.1, 0.15) is 0 Å². The van der Waals surface area contributed by atoms with Crippen molar-refractivity contribution in [1.29, 1.82) is 0 Å². The first-order valence-corrected chi connectivity index (χ1v) is 3.43. The van der Waals surface area contributed by atoms with Crippen molar-refractivity contribution in [3.8, 4) is 0 Å². The molecule has 4 heteroatoms. The lowest BCUT2D eigenvalue weighted by Gasteiger charge is -2.15. The monoisotopic (exact) mass is 168 g/mol. The van der Waals surface area contributed by atoms with Crippen LogP contribution in [0, 0.1) is 11.8 Å². The molecule has 2 N–H and O–H groups in total. The van der Waals surface area contributed by atoms with Crippen molar-refractivity contribution in [3.05, 3.63) is 24.3 Å². The summed E-state index contributed by atoms with van der Waals surface area (Å²) in [5.41, 5.74) is 0. The summed E-state index contributed by atoms with van der Waals surface area (Å²) in [5.74, 6) is -4.09. The van der Waals surface area contributed by atoms with Crippen molar-refractivity contribution < 1.29 is 19.8 Å². The van der Waals surface area contributed by atoms with Crippen LogP contribution in [0.5, 0.6) is 0 Å². The van der Waals surface area contributed by atoms with Crippen molar-refractivity contribution >= 4 is 11.9 Å². The smallest absolute Gasteiger partial charge is 0.311 e. The van der Waals surface area contributed by atoms with Gasteiger partial charge in [0, 0.05) is 0 Å². The molecule has 2 atom stereocenters. The fraction of sp³-hybridized carbons (Fsp3) is 0.250. The van der Waals surface area contributed by atoms with Crippen molar-refractivity contribution in [2.75, 3.05) is 0 Å². The summed E-state index contributed by atoms with van der Waals surface area (Å²) in [4.78, 5) is 21.0. The summed E-state index contributed by atoms with van der Waals surface area (Å²) in [6.45, 7) is 0. The largest absolute Gasteiger partial charge is 0.481 e. The second kappa shape index (κ2) is 3.21. The normalized spacial score (nSPS) is 27.0. The molecule has 0 fully saturated rings. The Morgan fingerprint density at radius 3 is 1.50 bits per heavy atom. The molecule has 1 rings (SSSR count). The van der Waals surface area contributed by atoms with Crippen molar-refractivity contribution in [2.45, 2.75) is 0 Å². The Balaban J connectivity index is 2.85. The van der Waals surface area contributed by atoms with E-state index in [1.165, 1.54) is 24.3 Å². The van der Waals surface area contributed by atoms with Crippen LogP contribution in [-0.2, 0) is 9.59 Å². The van der Waals surface area contributed by atoms with E-state index in [1.54, 1.807) is 0 Å². The molecular formula is C8H8O4. The molecule has 0 heterocycles. The Bertz CT molecular complexity index is 236. The maximum atomic E-state index is 10.5. The molecule has 1 aliphatic carbocycles. The zero-order valence-electron chi connectivity index (χ0n) is 6.18. The summed E-state index contributed by atoms with van der Waals surface area (Å²) in [6.07, 6.45) is 5.83. The molecule has 0 amide bonds. The molecule has 1 aliphatic rings.